The third-order valence-electron chi connectivity index (χ3n) is 7.66. The van der Waals surface area contributed by atoms with Gasteiger partial charge in [-0.2, -0.15) is 0 Å². The van der Waals surface area contributed by atoms with Crippen LogP contribution in [0.25, 0.3) is 11.5 Å². The maximum atomic E-state index is 14.1. The van der Waals surface area contributed by atoms with Gasteiger partial charge < -0.3 is 30.0 Å². The van der Waals surface area contributed by atoms with Crippen LogP contribution in [-0.2, 0) is 13.0 Å². The first-order valence-electron chi connectivity index (χ1n) is 15.8. The van der Waals surface area contributed by atoms with Crippen LogP contribution in [0.2, 0.25) is 0 Å². The van der Waals surface area contributed by atoms with E-state index < -0.39 is 29.7 Å². The average molecular weight is 648 g/mol. The molecular weight excluding hydrogens is 604 g/mol. The molecule has 3 N–H and O–H groups in total. The summed E-state index contributed by atoms with van der Waals surface area (Å²) in [6.07, 6.45) is 3.23. The van der Waals surface area contributed by atoms with Crippen LogP contribution in [0.15, 0.2) is 77.5 Å². The van der Waals surface area contributed by atoms with Gasteiger partial charge >= 0.3 is 0 Å². The number of aliphatic hydroxyl groups excluding tert-OH is 1. The molecule has 0 aliphatic carbocycles. The molecule has 1 aromatic heterocycles. The number of oxazole rings is 1. The lowest BCUT2D eigenvalue weighted by atomic mass is 9.99. The molecule has 0 aliphatic heterocycles. The number of carbonyl (C=O) groups excluding carboxylic acids is 2. The lowest BCUT2D eigenvalue weighted by Gasteiger charge is -2.26. The highest BCUT2D eigenvalue weighted by molar-refractivity contribution is 6.01. The number of aliphatic hydroxyl groups is 1. The lowest BCUT2D eigenvalue weighted by Crippen LogP contribution is -2.48. The van der Waals surface area contributed by atoms with Gasteiger partial charge in [-0.25, -0.2) is 13.8 Å². The van der Waals surface area contributed by atoms with Gasteiger partial charge in [-0.15, -0.1) is 0 Å². The number of benzene rings is 3. The Morgan fingerprint density at radius 3 is 2.28 bits per heavy atom. The van der Waals surface area contributed by atoms with Crippen molar-refractivity contribution in [3.63, 3.8) is 0 Å². The van der Waals surface area contributed by atoms with Gasteiger partial charge in [0.05, 0.1) is 18.3 Å². The van der Waals surface area contributed by atoms with Crippen molar-refractivity contribution >= 4 is 17.5 Å². The fraction of sp³-hybridized carbons (Fsp3) is 0.361. The third kappa shape index (κ3) is 9.94. The van der Waals surface area contributed by atoms with Gasteiger partial charge in [0.25, 0.3) is 11.8 Å². The largest absolute Gasteiger partial charge is 0.445 e. The van der Waals surface area contributed by atoms with Gasteiger partial charge in [-0.1, -0.05) is 26.0 Å². The fourth-order valence-corrected chi connectivity index (χ4v) is 5.38. The zero-order valence-electron chi connectivity index (χ0n) is 27.3. The highest BCUT2D eigenvalue weighted by Gasteiger charge is 2.25. The van der Waals surface area contributed by atoms with Crippen molar-refractivity contribution in [2.45, 2.75) is 51.8 Å². The molecule has 2 unspecified atom stereocenters. The first-order valence-corrected chi connectivity index (χ1v) is 15.8. The van der Waals surface area contributed by atoms with E-state index in [1.807, 2.05) is 57.1 Å². The van der Waals surface area contributed by atoms with E-state index in [0.29, 0.717) is 30.8 Å². The van der Waals surface area contributed by atoms with Gasteiger partial charge in [-0.05, 0) is 72.9 Å². The average Bonchev–Trinajstić information content (AvgIpc) is 3.59. The quantitative estimate of drug-likeness (QED) is 0.149. The van der Waals surface area contributed by atoms with E-state index >= 15 is 0 Å². The molecule has 0 bridgehead atoms. The minimum absolute atomic E-state index is 0.0502. The Bertz CT molecular complexity index is 1600. The molecule has 3 aromatic carbocycles. The van der Waals surface area contributed by atoms with Crippen molar-refractivity contribution in [3.05, 3.63) is 107 Å². The second-order valence-corrected chi connectivity index (χ2v) is 11.8. The summed E-state index contributed by atoms with van der Waals surface area (Å²) in [6, 6.07) is 14.8. The first-order chi connectivity index (χ1) is 22.6. The molecule has 4 rings (SSSR count). The molecule has 2 atom stereocenters. The van der Waals surface area contributed by atoms with Gasteiger partial charge in [0.15, 0.2) is 0 Å². The number of carbonyl (C=O) groups is 2. The maximum absolute atomic E-state index is 14.1. The second kappa shape index (κ2) is 16.8. The van der Waals surface area contributed by atoms with E-state index in [9.17, 15) is 23.5 Å². The molecule has 0 saturated heterocycles. The van der Waals surface area contributed by atoms with E-state index in [4.69, 9.17) is 4.42 Å². The molecule has 2 amide bonds. The zero-order chi connectivity index (χ0) is 33.9. The minimum Gasteiger partial charge on any atom is -0.445 e. The number of aromatic nitrogens is 1. The van der Waals surface area contributed by atoms with Gasteiger partial charge in [-0.3, -0.25) is 9.59 Å². The van der Waals surface area contributed by atoms with Crippen LogP contribution < -0.4 is 15.5 Å². The van der Waals surface area contributed by atoms with Crippen molar-refractivity contribution in [1.82, 2.24) is 20.5 Å². The Morgan fingerprint density at radius 1 is 0.936 bits per heavy atom. The topological polar surface area (TPSA) is 111 Å². The Labute approximate surface area is 274 Å². The zero-order valence-corrected chi connectivity index (χ0v) is 27.3. The van der Waals surface area contributed by atoms with Crippen LogP contribution in [0, 0.1) is 11.6 Å². The molecule has 0 fully saturated rings. The smallest absolute Gasteiger partial charge is 0.253 e. The molecule has 47 heavy (non-hydrogen) atoms. The fourth-order valence-electron chi connectivity index (χ4n) is 5.38. The third-order valence-corrected chi connectivity index (χ3v) is 7.66. The number of nitrogens with zero attached hydrogens (tertiary/aromatic N) is 3. The normalized spacial score (nSPS) is 12.4. The summed E-state index contributed by atoms with van der Waals surface area (Å²) in [5.41, 5.74) is 3.17. The van der Waals surface area contributed by atoms with Gasteiger partial charge in [0, 0.05) is 68.7 Å². The molecule has 0 radical (unpaired) electrons. The number of hydrogen-bond acceptors (Lipinski definition) is 7. The van der Waals surface area contributed by atoms with Crippen molar-refractivity contribution in [2.24, 2.45) is 0 Å². The van der Waals surface area contributed by atoms with Crippen LogP contribution in [0.1, 0.15) is 58.5 Å². The number of hydrogen-bond donors (Lipinski definition) is 3. The van der Waals surface area contributed by atoms with Crippen LogP contribution in [0.3, 0.4) is 0 Å². The van der Waals surface area contributed by atoms with Crippen molar-refractivity contribution in [2.75, 3.05) is 38.6 Å². The van der Waals surface area contributed by atoms with E-state index in [2.05, 4.69) is 15.6 Å². The highest BCUT2D eigenvalue weighted by Crippen LogP contribution is 2.23. The predicted octanol–water partition coefficient (Wildman–Crippen LogP) is 5.44. The summed E-state index contributed by atoms with van der Waals surface area (Å²) in [5, 5.41) is 17.4. The van der Waals surface area contributed by atoms with Crippen LogP contribution in [0.4, 0.5) is 14.5 Å². The number of amides is 2. The summed E-state index contributed by atoms with van der Waals surface area (Å²) in [5.74, 6) is -2.09. The molecular formula is C36H43F2N5O4. The molecule has 11 heteroatoms. The monoisotopic (exact) mass is 647 g/mol. The molecule has 0 aliphatic rings. The second-order valence-electron chi connectivity index (χ2n) is 11.8. The molecule has 1 heterocycles. The number of anilines is 1. The molecule has 250 valence electrons. The molecule has 0 spiro atoms. The van der Waals surface area contributed by atoms with Crippen molar-refractivity contribution < 1.29 is 27.9 Å². The van der Waals surface area contributed by atoms with Crippen LogP contribution in [0.5, 0.6) is 0 Å². The first kappa shape index (κ1) is 35.2. The van der Waals surface area contributed by atoms with Crippen LogP contribution in [-0.4, -0.2) is 72.7 Å². The van der Waals surface area contributed by atoms with E-state index in [1.165, 1.54) is 30.7 Å². The summed E-state index contributed by atoms with van der Waals surface area (Å²) in [4.78, 5) is 35.3. The van der Waals surface area contributed by atoms with E-state index in [0.717, 1.165) is 30.2 Å². The Hall–Kier alpha value is -4.61. The Morgan fingerprint density at radius 2 is 1.64 bits per heavy atom. The summed E-state index contributed by atoms with van der Waals surface area (Å²) in [6.45, 7) is 5.62. The molecule has 0 saturated carbocycles. The van der Waals surface area contributed by atoms with Crippen LogP contribution >= 0.6 is 0 Å². The number of rotatable bonds is 16. The maximum Gasteiger partial charge on any atom is 0.253 e. The highest BCUT2D eigenvalue weighted by atomic mass is 19.1. The van der Waals surface area contributed by atoms with Crippen molar-refractivity contribution in [1.29, 1.82) is 0 Å². The lowest BCUT2D eigenvalue weighted by molar-refractivity contribution is 0.0755. The van der Waals surface area contributed by atoms with E-state index in [-0.39, 0.29) is 35.9 Å². The number of nitrogens with one attached hydrogen (secondary N) is 2. The Kier molecular flexibility index (Phi) is 12.6. The summed E-state index contributed by atoms with van der Waals surface area (Å²) in [7, 11) is 3.90. The number of halogens is 2. The van der Waals surface area contributed by atoms with E-state index in [1.54, 1.807) is 17.0 Å². The minimum atomic E-state index is -1.14. The van der Waals surface area contributed by atoms with Gasteiger partial charge in [0.2, 0.25) is 5.89 Å². The van der Waals surface area contributed by atoms with Gasteiger partial charge in [0.1, 0.15) is 17.9 Å². The molecule has 4 aromatic rings. The SMILES string of the molecule is CCCN(CCC)C(=O)c1cc(C(=O)NC(Cc2cc(F)cc(F)c2)C(O)CNCc2cccc(N(C)C)c2)cc(-c2ncco2)c1. The predicted molar refractivity (Wildman–Crippen MR) is 178 cm³/mol. The van der Waals surface area contributed by atoms with Crippen molar-refractivity contribution in [3.8, 4) is 11.5 Å². The molecule has 9 nitrogen and oxygen atoms in total. The standard InChI is InChI=1S/C36H43F2N5O4/c1-5-11-43(12-6-2)36(46)28-19-26(18-27(20-28)35-40-10-13-47-35)34(45)41-32(17-25-14-29(37)21-30(38)15-25)33(44)23-39-22-24-8-7-9-31(16-24)42(3)4/h7-10,13-16,18-21,32-33,39,44H,5-6,11-12,17,22-23H2,1-4H3,(H,41,45). The Balaban J connectivity index is 1.60. The summed E-state index contributed by atoms with van der Waals surface area (Å²) < 4.78 is 33.7. The summed E-state index contributed by atoms with van der Waals surface area (Å²) >= 11 is 0.